The van der Waals surface area contributed by atoms with Gasteiger partial charge >= 0.3 is 6.18 Å². The molecule has 4 atom stereocenters. The molecule has 2 bridgehead atoms. The van der Waals surface area contributed by atoms with Crippen LogP contribution in [0.3, 0.4) is 0 Å². The van der Waals surface area contributed by atoms with E-state index in [0.29, 0.717) is 16.1 Å². The summed E-state index contributed by atoms with van der Waals surface area (Å²) in [5, 5.41) is 3.17. The van der Waals surface area contributed by atoms with Crippen LogP contribution in [0.5, 0.6) is 0 Å². The van der Waals surface area contributed by atoms with Gasteiger partial charge in [0.15, 0.2) is 5.69 Å². The fourth-order valence-electron chi connectivity index (χ4n) is 4.33. The molecule has 1 aliphatic heterocycles. The Balaban J connectivity index is 1.53. The molecular weight excluding hydrogens is 451 g/mol. The molecule has 2 aromatic rings. The van der Waals surface area contributed by atoms with E-state index in [1.54, 1.807) is 0 Å². The van der Waals surface area contributed by atoms with Crippen LogP contribution < -0.4 is 5.32 Å². The molecule has 1 saturated carbocycles. The molecule has 6 nitrogen and oxygen atoms in total. The minimum atomic E-state index is -4.52. The molecule has 1 saturated heterocycles. The summed E-state index contributed by atoms with van der Waals surface area (Å²) in [5.41, 5.74) is 0.0949. The first kappa shape index (κ1) is 20.1. The van der Waals surface area contributed by atoms with Gasteiger partial charge in [-0.25, -0.2) is 15.0 Å². The summed E-state index contributed by atoms with van der Waals surface area (Å²) in [7, 11) is 0. The zero-order valence-electron chi connectivity index (χ0n) is 15.7. The molecule has 154 valence electrons. The molecular formula is C19H19BrF3N5O. The van der Waals surface area contributed by atoms with E-state index in [2.05, 4.69) is 36.2 Å². The van der Waals surface area contributed by atoms with Gasteiger partial charge in [0.1, 0.15) is 11.5 Å². The van der Waals surface area contributed by atoms with E-state index in [4.69, 9.17) is 0 Å². The monoisotopic (exact) mass is 469 g/mol. The Bertz CT molecular complexity index is 936. The number of aromatic nitrogens is 3. The number of hydrogen-bond acceptors (Lipinski definition) is 5. The van der Waals surface area contributed by atoms with Crippen molar-refractivity contribution in [2.24, 2.45) is 5.92 Å². The number of alkyl halides is 3. The largest absolute Gasteiger partial charge is 0.434 e. The van der Waals surface area contributed by atoms with Crippen molar-refractivity contribution in [3.8, 4) is 0 Å². The van der Waals surface area contributed by atoms with Crippen LogP contribution in [0.4, 0.5) is 19.0 Å². The van der Waals surface area contributed by atoms with Crippen LogP contribution in [-0.4, -0.2) is 43.9 Å². The smallest absolute Gasteiger partial charge is 0.364 e. The third-order valence-electron chi connectivity index (χ3n) is 5.74. The highest BCUT2D eigenvalue weighted by atomic mass is 79.9. The molecule has 4 unspecified atom stereocenters. The molecule has 1 aliphatic carbocycles. The number of fused-ring (bicyclic) bond motifs is 2. The predicted molar refractivity (Wildman–Crippen MR) is 103 cm³/mol. The molecule has 2 aromatic heterocycles. The summed E-state index contributed by atoms with van der Waals surface area (Å²) in [4.78, 5) is 26.8. The van der Waals surface area contributed by atoms with Gasteiger partial charge in [-0.2, -0.15) is 13.2 Å². The Labute approximate surface area is 174 Å². The second-order valence-corrected chi connectivity index (χ2v) is 8.42. The molecule has 0 aromatic carbocycles. The van der Waals surface area contributed by atoms with E-state index in [-0.39, 0.29) is 29.9 Å². The summed E-state index contributed by atoms with van der Waals surface area (Å²) < 4.78 is 38.7. The Morgan fingerprint density at radius 3 is 2.62 bits per heavy atom. The lowest BCUT2D eigenvalue weighted by atomic mass is 9.97. The van der Waals surface area contributed by atoms with Gasteiger partial charge in [0.2, 0.25) is 0 Å². The maximum atomic E-state index is 13.2. The molecule has 0 spiro atoms. The van der Waals surface area contributed by atoms with E-state index in [9.17, 15) is 18.0 Å². The standard InChI is InChI=1S/C19H19BrF3N5O/c1-9-3-4-12(20)17(26-9)18(29)28-10(2)11-5-13(14(28)6-11)27-16-8-24-15(7-25-16)19(21,22)23/h3-4,7-8,10-11,13-14H,5-6H2,1-2H3,(H,25,27). The van der Waals surface area contributed by atoms with Gasteiger partial charge in [-0.05, 0) is 60.7 Å². The van der Waals surface area contributed by atoms with Crippen LogP contribution in [0.2, 0.25) is 0 Å². The van der Waals surface area contributed by atoms with Crippen molar-refractivity contribution >= 4 is 27.7 Å². The SMILES string of the molecule is Cc1ccc(Br)c(C(=O)N2C(C)C3CC(Nc4cnc(C(F)(F)F)cn4)C2C3)n1. The number of aryl methyl sites for hydroxylation is 1. The molecule has 29 heavy (non-hydrogen) atoms. The molecule has 1 N–H and O–H groups in total. The van der Waals surface area contributed by atoms with Gasteiger partial charge in [0, 0.05) is 22.3 Å². The van der Waals surface area contributed by atoms with Crippen molar-refractivity contribution < 1.29 is 18.0 Å². The summed E-state index contributed by atoms with van der Waals surface area (Å²) >= 11 is 3.41. The fourth-order valence-corrected chi connectivity index (χ4v) is 4.72. The van der Waals surface area contributed by atoms with Crippen molar-refractivity contribution in [1.82, 2.24) is 19.9 Å². The number of halogens is 4. The van der Waals surface area contributed by atoms with Crippen molar-refractivity contribution in [2.45, 2.75) is 51.0 Å². The lowest BCUT2D eigenvalue weighted by Crippen LogP contribution is -2.52. The highest BCUT2D eigenvalue weighted by molar-refractivity contribution is 9.10. The Hall–Kier alpha value is -2.23. The second-order valence-electron chi connectivity index (χ2n) is 7.57. The third kappa shape index (κ3) is 3.70. The van der Waals surface area contributed by atoms with Crippen molar-refractivity contribution in [3.05, 3.63) is 46.1 Å². The Kier molecular flexibility index (Phi) is 5.00. The van der Waals surface area contributed by atoms with Crippen LogP contribution in [0, 0.1) is 12.8 Å². The average molecular weight is 470 g/mol. The minimum Gasteiger partial charge on any atom is -0.364 e. The predicted octanol–water partition coefficient (Wildman–Crippen LogP) is 4.06. The molecule has 10 heteroatoms. The highest BCUT2D eigenvalue weighted by Gasteiger charge is 2.52. The lowest BCUT2D eigenvalue weighted by Gasteiger charge is -2.38. The molecule has 2 fully saturated rings. The number of carbonyl (C=O) groups is 1. The highest BCUT2D eigenvalue weighted by Crippen LogP contribution is 2.44. The molecule has 2 aliphatic rings. The van der Waals surface area contributed by atoms with Gasteiger partial charge in [-0.3, -0.25) is 4.79 Å². The summed E-state index contributed by atoms with van der Waals surface area (Å²) in [6.07, 6.45) is -1.06. The van der Waals surface area contributed by atoms with Crippen LogP contribution >= 0.6 is 15.9 Å². The third-order valence-corrected chi connectivity index (χ3v) is 6.38. The van der Waals surface area contributed by atoms with Gasteiger partial charge in [0.25, 0.3) is 5.91 Å². The van der Waals surface area contributed by atoms with Gasteiger partial charge in [-0.1, -0.05) is 0 Å². The Morgan fingerprint density at radius 1 is 1.24 bits per heavy atom. The number of piperidine rings is 1. The zero-order chi connectivity index (χ0) is 20.9. The van der Waals surface area contributed by atoms with Crippen molar-refractivity contribution in [2.75, 3.05) is 5.32 Å². The van der Waals surface area contributed by atoms with Crippen LogP contribution in [0.1, 0.15) is 41.6 Å². The first-order valence-corrected chi connectivity index (χ1v) is 10.1. The molecule has 3 heterocycles. The number of likely N-dealkylation sites (tertiary alicyclic amines) is 1. The van der Waals surface area contributed by atoms with E-state index < -0.39 is 11.9 Å². The minimum absolute atomic E-state index is 0.0680. The number of nitrogens with zero attached hydrogens (tertiary/aromatic N) is 4. The van der Waals surface area contributed by atoms with Crippen LogP contribution in [-0.2, 0) is 6.18 Å². The Morgan fingerprint density at radius 2 is 2.00 bits per heavy atom. The van der Waals surface area contributed by atoms with Gasteiger partial charge in [-0.15, -0.1) is 0 Å². The van der Waals surface area contributed by atoms with Gasteiger partial charge < -0.3 is 10.2 Å². The first-order chi connectivity index (χ1) is 13.6. The van der Waals surface area contributed by atoms with E-state index in [1.807, 2.05) is 30.9 Å². The number of pyridine rings is 1. The molecule has 1 amide bonds. The number of carbonyl (C=O) groups excluding carboxylic acids is 1. The summed E-state index contributed by atoms with van der Waals surface area (Å²) in [6, 6.07) is 3.52. The zero-order valence-corrected chi connectivity index (χ0v) is 17.3. The second kappa shape index (κ2) is 7.23. The van der Waals surface area contributed by atoms with Crippen molar-refractivity contribution in [1.29, 1.82) is 0 Å². The lowest BCUT2D eigenvalue weighted by molar-refractivity contribution is -0.141. The van der Waals surface area contributed by atoms with Crippen LogP contribution in [0.25, 0.3) is 0 Å². The number of anilines is 1. The molecule has 0 radical (unpaired) electrons. The number of hydrogen-bond donors (Lipinski definition) is 1. The topological polar surface area (TPSA) is 71.0 Å². The van der Waals surface area contributed by atoms with Crippen molar-refractivity contribution in [3.63, 3.8) is 0 Å². The van der Waals surface area contributed by atoms with E-state index in [0.717, 1.165) is 30.9 Å². The number of nitrogens with one attached hydrogen (secondary N) is 1. The van der Waals surface area contributed by atoms with E-state index >= 15 is 0 Å². The molecule has 4 rings (SSSR count). The van der Waals surface area contributed by atoms with Crippen LogP contribution in [0.15, 0.2) is 29.0 Å². The average Bonchev–Trinajstić information content (AvgIpc) is 3.20. The van der Waals surface area contributed by atoms with E-state index in [1.165, 1.54) is 0 Å². The summed E-state index contributed by atoms with van der Waals surface area (Å²) in [6.45, 7) is 3.86. The normalized spacial score (nSPS) is 26.1. The summed E-state index contributed by atoms with van der Waals surface area (Å²) in [5.74, 6) is 0.434. The maximum absolute atomic E-state index is 13.2. The quantitative estimate of drug-likeness (QED) is 0.733. The first-order valence-electron chi connectivity index (χ1n) is 9.26. The number of amides is 1. The fraction of sp³-hybridized carbons (Fsp3) is 0.474. The van der Waals surface area contributed by atoms with Gasteiger partial charge in [0.05, 0.1) is 18.4 Å². The maximum Gasteiger partial charge on any atom is 0.434 e. The number of rotatable bonds is 3.